The number of methoxy groups -OCH3 is 1. The minimum absolute atomic E-state index is 0.0599. The molecule has 1 aromatic carbocycles. The first-order chi connectivity index (χ1) is 16.0. The predicted molar refractivity (Wildman–Crippen MR) is 117 cm³/mol. The lowest BCUT2D eigenvalue weighted by Gasteiger charge is -2.45. The summed E-state index contributed by atoms with van der Waals surface area (Å²) in [5.74, 6) is -3.46. The van der Waals surface area contributed by atoms with Gasteiger partial charge in [0.05, 0.1) is 25.0 Å². The molecule has 1 aliphatic carbocycles. The number of hydrogen-bond acceptors (Lipinski definition) is 8. The molecule has 10 heteroatoms. The van der Waals surface area contributed by atoms with E-state index in [2.05, 4.69) is 0 Å². The number of rotatable bonds is 12. The van der Waals surface area contributed by atoms with Crippen LogP contribution in [-0.4, -0.2) is 71.4 Å². The van der Waals surface area contributed by atoms with Crippen LogP contribution in [-0.2, 0) is 35.0 Å². The zero-order valence-electron chi connectivity index (χ0n) is 19.7. The lowest BCUT2D eigenvalue weighted by molar-refractivity contribution is -0.184. The van der Waals surface area contributed by atoms with Crippen LogP contribution in [0.2, 0.25) is 0 Å². The molecular formula is C24H33FO9. The van der Waals surface area contributed by atoms with Crippen LogP contribution in [0.15, 0.2) is 18.2 Å². The van der Waals surface area contributed by atoms with Crippen LogP contribution >= 0.6 is 0 Å². The van der Waals surface area contributed by atoms with Gasteiger partial charge in [-0.1, -0.05) is 19.9 Å². The molecule has 0 fully saturated rings. The van der Waals surface area contributed by atoms with E-state index in [0.717, 1.165) is 11.1 Å². The molecule has 3 N–H and O–H groups in total. The molecule has 190 valence electrons. The van der Waals surface area contributed by atoms with Gasteiger partial charge in [-0.15, -0.1) is 0 Å². The second-order valence-electron chi connectivity index (χ2n) is 9.04. The minimum Gasteiger partial charge on any atom is -0.481 e. The average molecular weight is 485 g/mol. The van der Waals surface area contributed by atoms with Crippen LogP contribution in [0.5, 0.6) is 0 Å². The van der Waals surface area contributed by atoms with Crippen molar-refractivity contribution in [2.24, 2.45) is 5.92 Å². The number of halogens is 1. The van der Waals surface area contributed by atoms with Crippen molar-refractivity contribution in [2.45, 2.75) is 69.7 Å². The molecule has 0 saturated carbocycles. The van der Waals surface area contributed by atoms with E-state index in [1.54, 1.807) is 6.07 Å². The van der Waals surface area contributed by atoms with Crippen molar-refractivity contribution < 1.29 is 48.3 Å². The largest absolute Gasteiger partial charge is 0.481 e. The lowest BCUT2D eigenvalue weighted by atomic mass is 9.67. The number of hydrogen-bond donors (Lipinski definition) is 3. The number of aliphatic carboxylic acids is 1. The van der Waals surface area contributed by atoms with Crippen molar-refractivity contribution in [1.82, 2.24) is 0 Å². The Morgan fingerprint density at radius 2 is 1.82 bits per heavy atom. The van der Waals surface area contributed by atoms with E-state index in [0.29, 0.717) is 6.42 Å². The molecule has 1 aromatic rings. The van der Waals surface area contributed by atoms with Crippen LogP contribution in [0.3, 0.4) is 0 Å². The van der Waals surface area contributed by atoms with Gasteiger partial charge in [0.2, 0.25) is 0 Å². The van der Waals surface area contributed by atoms with Gasteiger partial charge < -0.3 is 29.5 Å². The SMILES string of the molecule is COCC(=O)O[C@]1(COC(=O)C[C@@H](O)C[C@@H](O)CC(=O)O)CCc2cc(F)ccc2[C@@H]1C(C)C. The molecule has 0 aromatic heterocycles. The van der Waals surface area contributed by atoms with Crippen LogP contribution in [0.25, 0.3) is 0 Å². The number of esters is 2. The molecule has 0 aliphatic heterocycles. The summed E-state index contributed by atoms with van der Waals surface area (Å²) in [6.45, 7) is 3.28. The highest BCUT2D eigenvalue weighted by molar-refractivity contribution is 5.72. The topological polar surface area (TPSA) is 140 Å². The number of carbonyl (C=O) groups excluding carboxylic acids is 2. The molecule has 0 unspecified atom stereocenters. The summed E-state index contributed by atoms with van der Waals surface area (Å²) < 4.78 is 30.0. The molecule has 0 saturated heterocycles. The summed E-state index contributed by atoms with van der Waals surface area (Å²) in [6.07, 6.45) is -3.24. The number of fused-ring (bicyclic) bond motifs is 1. The Kier molecular flexibility index (Phi) is 9.96. The summed E-state index contributed by atoms with van der Waals surface area (Å²) in [7, 11) is 1.35. The number of aliphatic hydroxyl groups is 2. The number of aryl methyl sites for hydroxylation is 1. The number of carboxylic acid groups (broad SMARTS) is 1. The van der Waals surface area contributed by atoms with E-state index in [1.807, 2.05) is 13.8 Å². The molecule has 0 radical (unpaired) electrons. The first kappa shape index (κ1) is 27.7. The van der Waals surface area contributed by atoms with E-state index >= 15 is 0 Å². The van der Waals surface area contributed by atoms with Crippen molar-refractivity contribution in [1.29, 1.82) is 0 Å². The van der Waals surface area contributed by atoms with E-state index in [4.69, 9.17) is 19.3 Å². The van der Waals surface area contributed by atoms with Crippen molar-refractivity contribution >= 4 is 17.9 Å². The lowest BCUT2D eigenvalue weighted by Crippen LogP contribution is -2.51. The Hall–Kier alpha value is -2.56. The van der Waals surface area contributed by atoms with Gasteiger partial charge in [-0.3, -0.25) is 9.59 Å². The van der Waals surface area contributed by atoms with Gasteiger partial charge in [-0.25, -0.2) is 9.18 Å². The van der Waals surface area contributed by atoms with Gasteiger partial charge in [0.25, 0.3) is 0 Å². The summed E-state index contributed by atoms with van der Waals surface area (Å²) in [5, 5.41) is 28.4. The monoisotopic (exact) mass is 484 g/mol. The number of benzene rings is 1. The molecule has 34 heavy (non-hydrogen) atoms. The Morgan fingerprint density at radius 3 is 2.44 bits per heavy atom. The van der Waals surface area contributed by atoms with Crippen LogP contribution in [0.4, 0.5) is 4.39 Å². The molecule has 0 spiro atoms. The van der Waals surface area contributed by atoms with Crippen molar-refractivity contribution in [3.8, 4) is 0 Å². The van der Waals surface area contributed by atoms with Gasteiger partial charge in [0, 0.05) is 19.4 Å². The van der Waals surface area contributed by atoms with E-state index < -0.39 is 54.5 Å². The zero-order chi connectivity index (χ0) is 25.5. The van der Waals surface area contributed by atoms with Crippen molar-refractivity contribution in [3.05, 3.63) is 35.1 Å². The summed E-state index contributed by atoms with van der Waals surface area (Å²) in [6, 6.07) is 4.45. The maximum absolute atomic E-state index is 13.8. The smallest absolute Gasteiger partial charge is 0.332 e. The second kappa shape index (κ2) is 12.2. The van der Waals surface area contributed by atoms with Gasteiger partial charge >= 0.3 is 17.9 Å². The summed E-state index contributed by atoms with van der Waals surface area (Å²) >= 11 is 0. The molecule has 1 aliphatic rings. The maximum atomic E-state index is 13.8. The minimum atomic E-state index is -1.30. The fourth-order valence-electron chi connectivity index (χ4n) is 4.66. The van der Waals surface area contributed by atoms with Gasteiger partial charge in [0.1, 0.15) is 19.0 Å². The van der Waals surface area contributed by atoms with Crippen molar-refractivity contribution in [2.75, 3.05) is 20.3 Å². The van der Waals surface area contributed by atoms with Gasteiger partial charge in [-0.2, -0.15) is 0 Å². The third kappa shape index (κ3) is 7.48. The maximum Gasteiger partial charge on any atom is 0.332 e. The molecule has 4 atom stereocenters. The summed E-state index contributed by atoms with van der Waals surface area (Å²) in [5.41, 5.74) is 0.380. The first-order valence-corrected chi connectivity index (χ1v) is 11.2. The number of ether oxygens (including phenoxy) is 3. The van der Waals surface area contributed by atoms with Gasteiger partial charge in [-0.05, 0) is 42.0 Å². The molecule has 0 bridgehead atoms. The van der Waals surface area contributed by atoms with Crippen LogP contribution < -0.4 is 0 Å². The third-order valence-electron chi connectivity index (χ3n) is 5.90. The zero-order valence-corrected chi connectivity index (χ0v) is 19.7. The molecular weight excluding hydrogens is 451 g/mol. The average Bonchev–Trinajstić information content (AvgIpc) is 2.71. The van der Waals surface area contributed by atoms with Crippen molar-refractivity contribution in [3.63, 3.8) is 0 Å². The van der Waals surface area contributed by atoms with E-state index in [1.165, 1.54) is 19.2 Å². The van der Waals surface area contributed by atoms with Crippen LogP contribution in [0, 0.1) is 11.7 Å². The second-order valence-corrected chi connectivity index (χ2v) is 9.04. The highest BCUT2D eigenvalue weighted by atomic mass is 19.1. The van der Waals surface area contributed by atoms with Crippen LogP contribution in [0.1, 0.15) is 56.6 Å². The molecule has 9 nitrogen and oxygen atoms in total. The molecule has 0 amide bonds. The highest BCUT2D eigenvalue weighted by Gasteiger charge is 2.49. The number of carbonyl (C=O) groups is 3. The Labute approximate surface area is 197 Å². The highest BCUT2D eigenvalue weighted by Crippen LogP contribution is 2.46. The number of aliphatic hydroxyl groups excluding tert-OH is 2. The molecule has 0 heterocycles. The molecule has 2 rings (SSSR count). The standard InChI is InChI=1S/C24H33FO9/c1-14(2)23-19-5-4-16(25)8-15(19)6-7-24(23,34-22(31)12-32-3)13-33-21(30)11-18(27)9-17(26)10-20(28)29/h4-5,8,14,17-18,23,26-27H,6-7,9-13H2,1-3H3,(H,28,29)/t17-,18+,23+,24+/m1/s1. The van der Waals surface area contributed by atoms with E-state index in [9.17, 15) is 29.0 Å². The van der Waals surface area contributed by atoms with E-state index in [-0.39, 0.29) is 37.8 Å². The predicted octanol–water partition coefficient (Wildman–Crippen LogP) is 1.96. The third-order valence-corrected chi connectivity index (χ3v) is 5.90. The fourth-order valence-corrected chi connectivity index (χ4v) is 4.66. The Balaban J connectivity index is 2.20. The summed E-state index contributed by atoms with van der Waals surface area (Å²) in [4.78, 5) is 35.5. The quantitative estimate of drug-likeness (QED) is 0.380. The normalized spacial score (nSPS) is 21.4. The number of carboxylic acids is 1. The Bertz CT molecular complexity index is 872. The van der Waals surface area contributed by atoms with Gasteiger partial charge in [0.15, 0.2) is 5.60 Å². The first-order valence-electron chi connectivity index (χ1n) is 11.2. The Morgan fingerprint density at radius 1 is 1.15 bits per heavy atom. The fraction of sp³-hybridized carbons (Fsp3) is 0.625.